The average Bonchev–Trinajstić information content (AvgIpc) is 2.05. The molecule has 1 aliphatic heterocycles. The Labute approximate surface area is 79.1 Å². The van der Waals surface area contributed by atoms with Gasteiger partial charge in [-0.1, -0.05) is 0 Å². The van der Waals surface area contributed by atoms with Crippen molar-refractivity contribution >= 4 is 5.97 Å². The molecule has 76 valence electrons. The topological polar surface area (TPSA) is 46.5 Å². The molecule has 0 aromatic carbocycles. The minimum Gasteiger partial charge on any atom is -0.481 e. The van der Waals surface area contributed by atoms with Gasteiger partial charge in [0.05, 0.1) is 11.5 Å². The highest BCUT2D eigenvalue weighted by molar-refractivity contribution is 5.73. The fourth-order valence-electron chi connectivity index (χ4n) is 1.62. The summed E-state index contributed by atoms with van der Waals surface area (Å²) in [7, 11) is 0. The van der Waals surface area contributed by atoms with Crippen molar-refractivity contribution in [2.75, 3.05) is 6.61 Å². The number of hydrogen-bond donors (Lipinski definition) is 1. The standard InChI is InChI=1S/C10H18O3/c1-10(2,9(11)12)7-8-5-3-4-6-13-8/h8H,3-7H2,1-2H3,(H,11,12)/t8-/m1/s1. The van der Waals surface area contributed by atoms with Gasteiger partial charge in [0.2, 0.25) is 0 Å². The van der Waals surface area contributed by atoms with Crippen molar-refractivity contribution in [2.45, 2.75) is 45.6 Å². The first-order valence-corrected chi connectivity index (χ1v) is 4.87. The van der Waals surface area contributed by atoms with Crippen LogP contribution < -0.4 is 0 Å². The van der Waals surface area contributed by atoms with Crippen molar-refractivity contribution in [1.82, 2.24) is 0 Å². The van der Waals surface area contributed by atoms with E-state index in [1.54, 1.807) is 13.8 Å². The summed E-state index contributed by atoms with van der Waals surface area (Å²) in [6.07, 6.45) is 4.07. The zero-order chi connectivity index (χ0) is 9.90. The van der Waals surface area contributed by atoms with Crippen LogP contribution in [0.4, 0.5) is 0 Å². The van der Waals surface area contributed by atoms with Gasteiger partial charge in [-0.05, 0) is 39.5 Å². The molecule has 1 fully saturated rings. The summed E-state index contributed by atoms with van der Waals surface area (Å²) in [4.78, 5) is 10.8. The first kappa shape index (κ1) is 10.5. The Balaban J connectivity index is 2.41. The minimum atomic E-state index is -0.735. The van der Waals surface area contributed by atoms with E-state index in [4.69, 9.17) is 9.84 Å². The van der Waals surface area contributed by atoms with Crippen molar-refractivity contribution in [1.29, 1.82) is 0 Å². The van der Waals surface area contributed by atoms with E-state index in [-0.39, 0.29) is 6.10 Å². The Morgan fingerprint density at radius 2 is 2.23 bits per heavy atom. The third-order valence-electron chi connectivity index (χ3n) is 2.59. The van der Waals surface area contributed by atoms with Crippen molar-refractivity contribution in [3.8, 4) is 0 Å². The maximum atomic E-state index is 10.8. The number of carboxylic acids is 1. The molecule has 1 atom stereocenters. The summed E-state index contributed by atoms with van der Waals surface area (Å²) < 4.78 is 5.50. The largest absolute Gasteiger partial charge is 0.481 e. The molecule has 1 aliphatic rings. The zero-order valence-corrected chi connectivity index (χ0v) is 8.38. The second-order valence-electron chi connectivity index (χ2n) is 4.38. The molecule has 13 heavy (non-hydrogen) atoms. The molecule has 0 radical (unpaired) electrons. The van der Waals surface area contributed by atoms with Gasteiger partial charge in [0.15, 0.2) is 0 Å². The Kier molecular flexibility index (Phi) is 3.31. The molecule has 1 rings (SSSR count). The van der Waals surface area contributed by atoms with E-state index in [0.29, 0.717) is 6.42 Å². The third-order valence-corrected chi connectivity index (χ3v) is 2.59. The van der Waals surface area contributed by atoms with Gasteiger partial charge in [-0.25, -0.2) is 0 Å². The number of carboxylic acid groups (broad SMARTS) is 1. The highest BCUT2D eigenvalue weighted by Crippen LogP contribution is 2.28. The Hall–Kier alpha value is -0.570. The van der Waals surface area contributed by atoms with E-state index in [1.165, 1.54) is 6.42 Å². The van der Waals surface area contributed by atoms with Crippen LogP contribution in [0.15, 0.2) is 0 Å². The molecule has 0 bridgehead atoms. The summed E-state index contributed by atoms with van der Waals surface area (Å²) in [5.74, 6) is -0.735. The van der Waals surface area contributed by atoms with Crippen LogP contribution in [0.2, 0.25) is 0 Å². The lowest BCUT2D eigenvalue weighted by atomic mass is 9.85. The predicted octanol–water partition coefficient (Wildman–Crippen LogP) is 2.06. The van der Waals surface area contributed by atoms with Crippen LogP contribution in [0.25, 0.3) is 0 Å². The smallest absolute Gasteiger partial charge is 0.309 e. The van der Waals surface area contributed by atoms with Crippen LogP contribution in [0, 0.1) is 5.41 Å². The molecule has 3 nitrogen and oxygen atoms in total. The summed E-state index contributed by atoms with van der Waals surface area (Å²) in [5, 5.41) is 8.92. The average molecular weight is 186 g/mol. The summed E-state index contributed by atoms with van der Waals surface area (Å²) in [6, 6.07) is 0. The third kappa shape index (κ3) is 2.99. The second kappa shape index (κ2) is 4.09. The lowest BCUT2D eigenvalue weighted by Gasteiger charge is -2.28. The number of carbonyl (C=O) groups is 1. The highest BCUT2D eigenvalue weighted by atomic mass is 16.5. The molecule has 0 saturated carbocycles. The summed E-state index contributed by atoms with van der Waals surface area (Å²) >= 11 is 0. The molecular formula is C10H18O3. The van der Waals surface area contributed by atoms with E-state index in [1.807, 2.05) is 0 Å². The highest BCUT2D eigenvalue weighted by Gasteiger charge is 2.31. The maximum absolute atomic E-state index is 10.8. The fraction of sp³-hybridized carbons (Fsp3) is 0.900. The zero-order valence-electron chi connectivity index (χ0n) is 8.38. The summed E-state index contributed by atoms with van der Waals surface area (Å²) in [5.41, 5.74) is -0.651. The number of ether oxygens (including phenoxy) is 1. The lowest BCUT2D eigenvalue weighted by molar-refractivity contribution is -0.149. The van der Waals surface area contributed by atoms with Gasteiger partial charge in [0.1, 0.15) is 0 Å². The minimum absolute atomic E-state index is 0.153. The molecule has 3 heteroatoms. The van der Waals surface area contributed by atoms with Gasteiger partial charge in [-0.15, -0.1) is 0 Å². The Bertz CT molecular complexity index is 181. The molecule has 1 N–H and O–H groups in total. The normalized spacial score (nSPS) is 24.3. The van der Waals surface area contributed by atoms with Gasteiger partial charge >= 0.3 is 5.97 Å². The van der Waals surface area contributed by atoms with E-state index >= 15 is 0 Å². The van der Waals surface area contributed by atoms with Crippen molar-refractivity contribution in [2.24, 2.45) is 5.41 Å². The van der Waals surface area contributed by atoms with Gasteiger partial charge in [-0.2, -0.15) is 0 Å². The maximum Gasteiger partial charge on any atom is 0.309 e. The van der Waals surface area contributed by atoms with Crippen LogP contribution in [0.3, 0.4) is 0 Å². The van der Waals surface area contributed by atoms with Gasteiger partial charge in [0, 0.05) is 6.61 Å². The summed E-state index contributed by atoms with van der Waals surface area (Å²) in [6.45, 7) is 4.31. The molecule has 1 saturated heterocycles. The second-order valence-corrected chi connectivity index (χ2v) is 4.38. The SMILES string of the molecule is CC(C)(C[C@H]1CCCCO1)C(=O)O. The lowest BCUT2D eigenvalue weighted by Crippen LogP contribution is -2.31. The number of rotatable bonds is 3. The van der Waals surface area contributed by atoms with Crippen LogP contribution in [0.1, 0.15) is 39.5 Å². The van der Waals surface area contributed by atoms with E-state index < -0.39 is 11.4 Å². The molecular weight excluding hydrogens is 168 g/mol. The number of aliphatic carboxylic acids is 1. The molecule has 0 aromatic rings. The van der Waals surface area contributed by atoms with Crippen molar-refractivity contribution in [3.05, 3.63) is 0 Å². The van der Waals surface area contributed by atoms with Crippen molar-refractivity contribution in [3.63, 3.8) is 0 Å². The van der Waals surface area contributed by atoms with Crippen LogP contribution in [-0.2, 0) is 9.53 Å². The fourth-order valence-corrected chi connectivity index (χ4v) is 1.62. The van der Waals surface area contributed by atoms with Crippen LogP contribution in [0.5, 0.6) is 0 Å². The van der Waals surface area contributed by atoms with Gasteiger partial charge in [0.25, 0.3) is 0 Å². The van der Waals surface area contributed by atoms with E-state index in [2.05, 4.69) is 0 Å². The van der Waals surface area contributed by atoms with Crippen molar-refractivity contribution < 1.29 is 14.6 Å². The molecule has 0 spiro atoms. The molecule has 0 aromatic heterocycles. The number of hydrogen-bond acceptors (Lipinski definition) is 2. The predicted molar refractivity (Wildman–Crippen MR) is 49.6 cm³/mol. The molecule has 0 amide bonds. The Morgan fingerprint density at radius 3 is 2.69 bits per heavy atom. The van der Waals surface area contributed by atoms with Crippen LogP contribution >= 0.6 is 0 Å². The van der Waals surface area contributed by atoms with Gasteiger partial charge in [-0.3, -0.25) is 4.79 Å². The van der Waals surface area contributed by atoms with E-state index in [9.17, 15) is 4.79 Å². The quantitative estimate of drug-likeness (QED) is 0.733. The Morgan fingerprint density at radius 1 is 1.54 bits per heavy atom. The molecule has 0 unspecified atom stereocenters. The first-order valence-electron chi connectivity index (χ1n) is 4.87. The van der Waals surface area contributed by atoms with E-state index in [0.717, 1.165) is 19.4 Å². The van der Waals surface area contributed by atoms with Gasteiger partial charge < -0.3 is 9.84 Å². The monoisotopic (exact) mass is 186 g/mol. The molecule has 0 aliphatic carbocycles. The molecule has 1 heterocycles. The van der Waals surface area contributed by atoms with Crippen LogP contribution in [-0.4, -0.2) is 23.8 Å². The first-order chi connectivity index (χ1) is 6.02.